The maximum Gasteiger partial charge on any atom is 0.329 e. The van der Waals surface area contributed by atoms with Gasteiger partial charge in [-0.1, -0.05) is 5.59 Å². The van der Waals surface area contributed by atoms with E-state index in [0.717, 1.165) is 0 Å². The van der Waals surface area contributed by atoms with Crippen molar-refractivity contribution in [3.63, 3.8) is 0 Å². The van der Waals surface area contributed by atoms with Crippen LogP contribution >= 0.6 is 15.9 Å². The third-order valence-electron chi connectivity index (χ3n) is 1.63. The minimum absolute atomic E-state index is 0.00710. The van der Waals surface area contributed by atoms with Crippen molar-refractivity contribution in [1.29, 1.82) is 0 Å². The largest absolute Gasteiger partial charge is 0.492 e. The summed E-state index contributed by atoms with van der Waals surface area (Å²) in [7, 11) is 0. The summed E-state index contributed by atoms with van der Waals surface area (Å²) >= 11 is 3.19. The standard InChI is InChI=1S/C9H10BrFN2O3/c10-7-2-1-6(11)5-8(7)15-4-3-9(14)16-13-12/h1-2,5,13H,3-4,12H2. The van der Waals surface area contributed by atoms with Crippen molar-refractivity contribution in [2.45, 2.75) is 6.42 Å². The monoisotopic (exact) mass is 292 g/mol. The lowest BCUT2D eigenvalue weighted by Crippen LogP contribution is -2.26. The van der Waals surface area contributed by atoms with Gasteiger partial charge in [-0.15, -0.1) is 0 Å². The SMILES string of the molecule is NNOC(=O)CCOc1cc(F)ccc1Br. The van der Waals surface area contributed by atoms with E-state index in [9.17, 15) is 9.18 Å². The third kappa shape index (κ3) is 4.13. The molecule has 1 aromatic carbocycles. The summed E-state index contributed by atoms with van der Waals surface area (Å²) in [4.78, 5) is 15.1. The second-order valence-corrected chi connectivity index (χ2v) is 3.62. The summed E-state index contributed by atoms with van der Waals surface area (Å²) in [5.74, 6) is 4.12. The molecule has 0 aliphatic carbocycles. The van der Waals surface area contributed by atoms with Crippen LogP contribution in [0.25, 0.3) is 0 Å². The Hall–Kier alpha value is -1.18. The Morgan fingerprint density at radius 1 is 1.56 bits per heavy atom. The molecule has 0 aliphatic heterocycles. The highest BCUT2D eigenvalue weighted by molar-refractivity contribution is 9.10. The van der Waals surface area contributed by atoms with Gasteiger partial charge in [0.05, 0.1) is 17.5 Å². The van der Waals surface area contributed by atoms with Crippen LogP contribution in [-0.4, -0.2) is 12.6 Å². The van der Waals surface area contributed by atoms with Crippen LogP contribution in [0.1, 0.15) is 6.42 Å². The average Bonchev–Trinajstić information content (AvgIpc) is 2.23. The van der Waals surface area contributed by atoms with Gasteiger partial charge in [0.1, 0.15) is 11.6 Å². The van der Waals surface area contributed by atoms with Gasteiger partial charge in [-0.05, 0) is 28.1 Å². The molecule has 1 rings (SSSR count). The normalized spacial score (nSPS) is 9.94. The lowest BCUT2D eigenvalue weighted by molar-refractivity contribution is -0.151. The van der Waals surface area contributed by atoms with Crippen LogP contribution in [0.15, 0.2) is 22.7 Å². The Labute approximate surface area is 99.8 Å². The number of nitrogens with two attached hydrogens (primary N) is 1. The summed E-state index contributed by atoms with van der Waals surface area (Å²) in [5.41, 5.74) is 1.76. The molecule has 0 unspecified atom stereocenters. The molecular weight excluding hydrogens is 283 g/mol. The first-order chi connectivity index (χ1) is 7.63. The lowest BCUT2D eigenvalue weighted by atomic mass is 10.3. The maximum absolute atomic E-state index is 12.8. The molecule has 5 nitrogen and oxygen atoms in total. The van der Waals surface area contributed by atoms with Crippen molar-refractivity contribution >= 4 is 21.9 Å². The Kier molecular flexibility index (Phi) is 5.17. The van der Waals surface area contributed by atoms with Crippen LogP contribution in [0.5, 0.6) is 5.75 Å². The molecule has 0 amide bonds. The van der Waals surface area contributed by atoms with Gasteiger partial charge in [0.25, 0.3) is 0 Å². The molecule has 0 aliphatic rings. The minimum atomic E-state index is -0.560. The van der Waals surface area contributed by atoms with Gasteiger partial charge in [-0.25, -0.2) is 10.2 Å². The van der Waals surface area contributed by atoms with E-state index in [4.69, 9.17) is 10.6 Å². The van der Waals surface area contributed by atoms with E-state index in [1.807, 2.05) is 0 Å². The van der Waals surface area contributed by atoms with E-state index >= 15 is 0 Å². The third-order valence-corrected chi connectivity index (χ3v) is 2.28. The van der Waals surface area contributed by atoms with Crippen molar-refractivity contribution in [3.8, 4) is 5.75 Å². The number of ether oxygens (including phenoxy) is 1. The van der Waals surface area contributed by atoms with Crippen LogP contribution < -0.4 is 16.2 Å². The van der Waals surface area contributed by atoms with Crippen LogP contribution in [0, 0.1) is 5.82 Å². The first-order valence-corrected chi connectivity index (χ1v) is 5.16. The fraction of sp³-hybridized carbons (Fsp3) is 0.222. The molecule has 0 saturated heterocycles. The molecule has 0 aromatic heterocycles. The number of hydrazine groups is 1. The summed E-state index contributed by atoms with van der Waals surface area (Å²) in [6, 6.07) is 4.03. The first-order valence-electron chi connectivity index (χ1n) is 4.36. The topological polar surface area (TPSA) is 73.6 Å². The molecule has 7 heteroatoms. The zero-order valence-corrected chi connectivity index (χ0v) is 9.79. The maximum atomic E-state index is 12.8. The number of hydrogen-bond acceptors (Lipinski definition) is 5. The van der Waals surface area contributed by atoms with Gasteiger partial charge < -0.3 is 9.57 Å². The smallest absolute Gasteiger partial charge is 0.329 e. The number of hydrogen-bond donors (Lipinski definition) is 2. The Balaban J connectivity index is 2.42. The summed E-state index contributed by atoms with van der Waals surface area (Å²) in [6.45, 7) is 0.0720. The van der Waals surface area contributed by atoms with E-state index < -0.39 is 11.8 Å². The highest BCUT2D eigenvalue weighted by Crippen LogP contribution is 2.25. The fourth-order valence-electron chi connectivity index (χ4n) is 0.949. The number of carbonyl (C=O) groups excluding carboxylic acids is 1. The molecule has 0 heterocycles. The zero-order chi connectivity index (χ0) is 12.0. The number of rotatable bonds is 5. The van der Waals surface area contributed by atoms with Crippen molar-refractivity contribution in [2.24, 2.45) is 5.84 Å². The summed E-state index contributed by atoms with van der Waals surface area (Å²) < 4.78 is 18.6. The predicted octanol–water partition coefficient (Wildman–Crippen LogP) is 1.28. The molecule has 0 saturated carbocycles. The number of halogens is 2. The molecule has 0 atom stereocenters. The van der Waals surface area contributed by atoms with Gasteiger partial charge in [0, 0.05) is 6.07 Å². The van der Waals surface area contributed by atoms with E-state index in [1.165, 1.54) is 18.2 Å². The highest BCUT2D eigenvalue weighted by atomic mass is 79.9. The second kappa shape index (κ2) is 6.41. The molecule has 0 bridgehead atoms. The Bertz CT molecular complexity index is 376. The van der Waals surface area contributed by atoms with Crippen LogP contribution in [0.4, 0.5) is 4.39 Å². The van der Waals surface area contributed by atoms with Crippen molar-refractivity contribution in [1.82, 2.24) is 5.59 Å². The molecule has 0 spiro atoms. The minimum Gasteiger partial charge on any atom is -0.492 e. The molecule has 16 heavy (non-hydrogen) atoms. The van der Waals surface area contributed by atoms with Crippen molar-refractivity contribution < 1.29 is 18.8 Å². The summed E-state index contributed by atoms with van der Waals surface area (Å²) in [5, 5.41) is 0. The van der Waals surface area contributed by atoms with Crippen LogP contribution in [0.2, 0.25) is 0 Å². The fourth-order valence-corrected chi connectivity index (χ4v) is 1.31. The van der Waals surface area contributed by atoms with Gasteiger partial charge in [0.15, 0.2) is 0 Å². The molecule has 3 N–H and O–H groups in total. The number of benzene rings is 1. The van der Waals surface area contributed by atoms with E-state index in [1.54, 1.807) is 5.59 Å². The van der Waals surface area contributed by atoms with Crippen LogP contribution in [-0.2, 0) is 9.63 Å². The van der Waals surface area contributed by atoms with Gasteiger partial charge in [-0.2, -0.15) is 0 Å². The molecule has 0 fully saturated rings. The molecule has 0 radical (unpaired) electrons. The zero-order valence-electron chi connectivity index (χ0n) is 8.20. The van der Waals surface area contributed by atoms with E-state index in [0.29, 0.717) is 10.2 Å². The quantitative estimate of drug-likeness (QED) is 0.632. The van der Waals surface area contributed by atoms with Crippen molar-refractivity contribution in [2.75, 3.05) is 6.61 Å². The lowest BCUT2D eigenvalue weighted by Gasteiger charge is -2.07. The first kappa shape index (κ1) is 12.9. The second-order valence-electron chi connectivity index (χ2n) is 2.77. The summed E-state index contributed by atoms with van der Waals surface area (Å²) in [6.07, 6.45) is 0.00710. The highest BCUT2D eigenvalue weighted by Gasteiger charge is 2.06. The average molecular weight is 293 g/mol. The van der Waals surface area contributed by atoms with Gasteiger partial charge >= 0.3 is 5.97 Å². The Morgan fingerprint density at radius 3 is 3.00 bits per heavy atom. The van der Waals surface area contributed by atoms with E-state index in [-0.39, 0.29) is 13.0 Å². The van der Waals surface area contributed by atoms with Gasteiger partial charge in [-0.3, -0.25) is 4.79 Å². The number of carbonyl (C=O) groups is 1. The van der Waals surface area contributed by atoms with E-state index in [2.05, 4.69) is 20.8 Å². The van der Waals surface area contributed by atoms with Gasteiger partial charge in [0.2, 0.25) is 0 Å². The molecule has 1 aromatic rings. The Morgan fingerprint density at radius 2 is 2.31 bits per heavy atom. The van der Waals surface area contributed by atoms with Crippen LogP contribution in [0.3, 0.4) is 0 Å². The predicted molar refractivity (Wildman–Crippen MR) is 57.6 cm³/mol. The number of nitrogens with one attached hydrogen (secondary N) is 1. The van der Waals surface area contributed by atoms with Crippen molar-refractivity contribution in [3.05, 3.63) is 28.5 Å². The molecular formula is C9H10BrFN2O3. The molecule has 88 valence electrons.